The van der Waals surface area contributed by atoms with E-state index in [2.05, 4.69) is 9.97 Å². The number of carbonyl (C=O) groups is 1. The van der Waals surface area contributed by atoms with Gasteiger partial charge in [0, 0.05) is 31.5 Å². The van der Waals surface area contributed by atoms with Crippen LogP contribution in [0.3, 0.4) is 0 Å². The summed E-state index contributed by atoms with van der Waals surface area (Å²) in [6.45, 7) is 1.58. The highest BCUT2D eigenvalue weighted by Gasteiger charge is 2.03. The SMILES string of the molecule is CC(=O)SCCc1ncc2cnccn12. The molecule has 0 saturated heterocycles. The first kappa shape index (κ1) is 10.2. The minimum Gasteiger partial charge on any atom is -0.301 e. The second kappa shape index (κ2) is 4.44. The molecule has 4 nitrogen and oxygen atoms in total. The van der Waals surface area contributed by atoms with Crippen LogP contribution < -0.4 is 0 Å². The van der Waals surface area contributed by atoms with E-state index in [1.54, 1.807) is 25.5 Å². The largest absolute Gasteiger partial charge is 0.301 e. The molecule has 0 aliphatic carbocycles. The Morgan fingerprint density at radius 3 is 3.20 bits per heavy atom. The minimum atomic E-state index is 0.150. The number of rotatable bonds is 3. The Hall–Kier alpha value is -1.36. The lowest BCUT2D eigenvalue weighted by atomic mass is 10.4. The van der Waals surface area contributed by atoms with Crippen LogP contribution in [0.5, 0.6) is 0 Å². The van der Waals surface area contributed by atoms with E-state index < -0.39 is 0 Å². The molecular weight excluding hydrogens is 210 g/mol. The Morgan fingerprint density at radius 1 is 1.53 bits per heavy atom. The molecule has 0 aromatic carbocycles. The van der Waals surface area contributed by atoms with Gasteiger partial charge in [0.2, 0.25) is 0 Å². The van der Waals surface area contributed by atoms with Crippen LogP contribution in [-0.4, -0.2) is 25.2 Å². The van der Waals surface area contributed by atoms with E-state index in [1.165, 1.54) is 11.8 Å². The van der Waals surface area contributed by atoms with E-state index in [-0.39, 0.29) is 5.12 Å². The molecule has 5 heteroatoms. The molecule has 0 unspecified atom stereocenters. The van der Waals surface area contributed by atoms with Gasteiger partial charge in [0.15, 0.2) is 5.12 Å². The Kier molecular flexibility index (Phi) is 3.01. The third-order valence-electron chi connectivity index (χ3n) is 2.04. The maximum absolute atomic E-state index is 10.8. The number of aryl methyl sites for hydroxylation is 1. The van der Waals surface area contributed by atoms with Crippen LogP contribution >= 0.6 is 11.8 Å². The summed E-state index contributed by atoms with van der Waals surface area (Å²) in [4.78, 5) is 19.1. The number of imidazole rings is 1. The lowest BCUT2D eigenvalue weighted by Crippen LogP contribution is -1.98. The van der Waals surface area contributed by atoms with Crippen LogP contribution in [-0.2, 0) is 11.2 Å². The van der Waals surface area contributed by atoms with E-state index in [0.717, 1.165) is 23.5 Å². The second-order valence-corrected chi connectivity index (χ2v) is 4.41. The van der Waals surface area contributed by atoms with Gasteiger partial charge in [0.05, 0.1) is 17.9 Å². The Balaban J connectivity index is 2.11. The van der Waals surface area contributed by atoms with E-state index in [4.69, 9.17) is 0 Å². The number of fused-ring (bicyclic) bond motifs is 1. The molecule has 0 saturated carbocycles. The van der Waals surface area contributed by atoms with Crippen LogP contribution in [0.2, 0.25) is 0 Å². The van der Waals surface area contributed by atoms with E-state index in [0.29, 0.717) is 0 Å². The molecular formula is C10H11N3OS. The van der Waals surface area contributed by atoms with E-state index in [1.807, 2.05) is 10.6 Å². The van der Waals surface area contributed by atoms with Crippen LogP contribution in [0.15, 0.2) is 24.8 Å². The monoisotopic (exact) mass is 221 g/mol. The molecule has 2 rings (SSSR count). The highest BCUT2D eigenvalue weighted by molar-refractivity contribution is 8.13. The first-order valence-corrected chi connectivity index (χ1v) is 5.65. The number of hydrogen-bond donors (Lipinski definition) is 0. The maximum Gasteiger partial charge on any atom is 0.185 e. The van der Waals surface area contributed by atoms with Crippen LogP contribution in [0, 0.1) is 0 Å². The van der Waals surface area contributed by atoms with Crippen molar-refractivity contribution in [1.29, 1.82) is 0 Å². The molecule has 0 amide bonds. The molecule has 0 spiro atoms. The van der Waals surface area contributed by atoms with Gasteiger partial charge in [-0.3, -0.25) is 9.78 Å². The van der Waals surface area contributed by atoms with Crippen LogP contribution in [0.1, 0.15) is 12.7 Å². The third kappa shape index (κ3) is 2.36. The van der Waals surface area contributed by atoms with Gasteiger partial charge >= 0.3 is 0 Å². The molecule has 0 radical (unpaired) electrons. The molecule has 2 aromatic rings. The smallest absolute Gasteiger partial charge is 0.185 e. The van der Waals surface area contributed by atoms with Crippen molar-refractivity contribution in [3.8, 4) is 0 Å². The molecule has 0 N–H and O–H groups in total. The zero-order valence-corrected chi connectivity index (χ0v) is 9.20. The fraction of sp³-hybridized carbons (Fsp3) is 0.300. The van der Waals surface area contributed by atoms with Gasteiger partial charge in [0.1, 0.15) is 5.82 Å². The minimum absolute atomic E-state index is 0.150. The highest BCUT2D eigenvalue weighted by atomic mass is 32.2. The molecule has 15 heavy (non-hydrogen) atoms. The lowest BCUT2D eigenvalue weighted by molar-refractivity contribution is -0.109. The molecule has 2 aromatic heterocycles. The van der Waals surface area contributed by atoms with Gasteiger partial charge in [-0.1, -0.05) is 11.8 Å². The normalized spacial score (nSPS) is 10.7. The predicted molar refractivity (Wildman–Crippen MR) is 59.8 cm³/mol. The molecule has 78 valence electrons. The van der Waals surface area contributed by atoms with Crippen molar-refractivity contribution in [2.75, 3.05) is 5.75 Å². The van der Waals surface area contributed by atoms with Crippen LogP contribution in [0.4, 0.5) is 0 Å². The van der Waals surface area contributed by atoms with Gasteiger partial charge in [-0.15, -0.1) is 0 Å². The molecule has 0 aliphatic rings. The standard InChI is InChI=1S/C10H11N3OS/c1-8(14)15-5-2-10-12-7-9-6-11-3-4-13(9)10/h3-4,6-7H,2,5H2,1H3. The Labute approximate surface area is 91.7 Å². The second-order valence-electron chi connectivity index (χ2n) is 3.14. The molecule has 2 heterocycles. The third-order valence-corrected chi connectivity index (χ3v) is 2.86. The van der Waals surface area contributed by atoms with Gasteiger partial charge < -0.3 is 4.40 Å². The quantitative estimate of drug-likeness (QED) is 0.789. The summed E-state index contributed by atoms with van der Waals surface area (Å²) in [7, 11) is 0. The topological polar surface area (TPSA) is 47.3 Å². The summed E-state index contributed by atoms with van der Waals surface area (Å²) in [6.07, 6.45) is 7.98. The van der Waals surface area contributed by atoms with Crippen molar-refractivity contribution in [3.63, 3.8) is 0 Å². The summed E-state index contributed by atoms with van der Waals surface area (Å²) in [5.74, 6) is 1.75. The summed E-state index contributed by atoms with van der Waals surface area (Å²) in [5, 5.41) is 0.150. The summed E-state index contributed by atoms with van der Waals surface area (Å²) < 4.78 is 1.99. The van der Waals surface area contributed by atoms with E-state index in [9.17, 15) is 4.79 Å². The van der Waals surface area contributed by atoms with Gasteiger partial charge in [-0.25, -0.2) is 4.98 Å². The number of aromatic nitrogens is 3. The summed E-state index contributed by atoms with van der Waals surface area (Å²) in [5.41, 5.74) is 0.986. The van der Waals surface area contributed by atoms with Crippen molar-refractivity contribution in [2.24, 2.45) is 0 Å². The Bertz CT molecular complexity index is 480. The predicted octanol–water partition coefficient (Wildman–Crippen LogP) is 1.55. The number of hydrogen-bond acceptors (Lipinski definition) is 4. The average Bonchev–Trinajstić information content (AvgIpc) is 2.62. The maximum atomic E-state index is 10.8. The van der Waals surface area contributed by atoms with Crippen molar-refractivity contribution < 1.29 is 4.79 Å². The first-order chi connectivity index (χ1) is 7.27. The molecule has 0 fully saturated rings. The number of thioether (sulfide) groups is 1. The average molecular weight is 221 g/mol. The van der Waals surface area contributed by atoms with Crippen LogP contribution in [0.25, 0.3) is 5.52 Å². The number of nitrogens with zero attached hydrogens (tertiary/aromatic N) is 3. The highest BCUT2D eigenvalue weighted by Crippen LogP contribution is 2.09. The fourth-order valence-electron chi connectivity index (χ4n) is 1.38. The van der Waals surface area contributed by atoms with Crippen molar-refractivity contribution in [1.82, 2.24) is 14.4 Å². The molecule has 0 aliphatic heterocycles. The Morgan fingerprint density at radius 2 is 2.40 bits per heavy atom. The number of carbonyl (C=O) groups excluding carboxylic acids is 1. The zero-order chi connectivity index (χ0) is 10.7. The lowest BCUT2D eigenvalue weighted by Gasteiger charge is -1.99. The van der Waals surface area contributed by atoms with Crippen molar-refractivity contribution in [3.05, 3.63) is 30.6 Å². The van der Waals surface area contributed by atoms with Crippen molar-refractivity contribution in [2.45, 2.75) is 13.3 Å². The molecule has 0 bridgehead atoms. The van der Waals surface area contributed by atoms with Crippen molar-refractivity contribution >= 4 is 22.4 Å². The van der Waals surface area contributed by atoms with Gasteiger partial charge in [-0.05, 0) is 0 Å². The zero-order valence-electron chi connectivity index (χ0n) is 8.38. The van der Waals surface area contributed by atoms with Gasteiger partial charge in [-0.2, -0.15) is 0 Å². The molecule has 0 atom stereocenters. The fourth-order valence-corrected chi connectivity index (χ4v) is 1.95. The summed E-state index contributed by atoms with van der Waals surface area (Å²) in [6, 6.07) is 0. The van der Waals surface area contributed by atoms with E-state index >= 15 is 0 Å². The van der Waals surface area contributed by atoms with Gasteiger partial charge in [0.25, 0.3) is 0 Å². The summed E-state index contributed by atoms with van der Waals surface area (Å²) >= 11 is 1.33. The first-order valence-electron chi connectivity index (χ1n) is 4.66.